The van der Waals surface area contributed by atoms with Crippen LogP contribution in [0.5, 0.6) is 0 Å². The van der Waals surface area contributed by atoms with Gasteiger partial charge in [-0.25, -0.2) is 9.18 Å². The van der Waals surface area contributed by atoms with Crippen molar-refractivity contribution in [3.63, 3.8) is 0 Å². The number of nitrogens with zero attached hydrogens (tertiary/aromatic N) is 2. The molecule has 1 heterocycles. The van der Waals surface area contributed by atoms with Gasteiger partial charge in [-0.2, -0.15) is 0 Å². The molecule has 236 valence electrons. The van der Waals surface area contributed by atoms with Crippen LogP contribution in [0.1, 0.15) is 105 Å². The molecule has 2 aliphatic rings. The third-order valence-electron chi connectivity index (χ3n) is 10.1. The highest BCUT2D eigenvalue weighted by Gasteiger charge is 2.52. The molecule has 3 rings (SSSR count). The van der Waals surface area contributed by atoms with E-state index in [1.54, 1.807) is 19.2 Å². The molecule has 42 heavy (non-hydrogen) atoms. The number of halogens is 1. The number of amides is 1. The zero-order valence-electron chi connectivity index (χ0n) is 27.7. The van der Waals surface area contributed by atoms with Gasteiger partial charge >= 0.3 is 6.09 Å². The summed E-state index contributed by atoms with van der Waals surface area (Å²) in [6.07, 6.45) is 10.0. The molecule has 6 atom stereocenters. The standard InChI is InChI=1S/C36H58FN3O2/c1-9-17-36(31-13-12-14-32(37)23-31,30-15-18-40(19-16-30)24-28(11-3)20-26(6)10-2)33-21-29(27(7)39-25(4)5)22-34(33)42-35(41)38-8/h12-14,21,23,26-28,30,33-34H,9-11,15-20,22,24H2,1-8H3,(H,38,41)/t26?,27?,28?,33-,34?,36-/m0/s1. The zero-order valence-corrected chi connectivity index (χ0v) is 27.7. The summed E-state index contributed by atoms with van der Waals surface area (Å²) in [4.78, 5) is 20.2. The monoisotopic (exact) mass is 583 g/mol. The Morgan fingerprint density at radius 3 is 2.45 bits per heavy atom. The number of ether oxygens (including phenoxy) is 1. The Morgan fingerprint density at radius 2 is 1.88 bits per heavy atom. The maximum atomic E-state index is 14.9. The van der Waals surface area contributed by atoms with Crippen LogP contribution in [0, 0.1) is 29.5 Å². The molecular formula is C36H58FN3O2. The Kier molecular flexibility index (Phi) is 13.1. The van der Waals surface area contributed by atoms with E-state index in [9.17, 15) is 9.18 Å². The van der Waals surface area contributed by atoms with Gasteiger partial charge in [0, 0.05) is 37.1 Å². The largest absolute Gasteiger partial charge is 0.445 e. The fraction of sp³-hybridized carbons (Fsp3) is 0.722. The van der Waals surface area contributed by atoms with E-state index in [2.05, 4.69) is 57.0 Å². The van der Waals surface area contributed by atoms with Crippen molar-refractivity contribution in [1.29, 1.82) is 0 Å². The summed E-state index contributed by atoms with van der Waals surface area (Å²) < 4.78 is 21.1. The molecule has 1 aliphatic heterocycles. The highest BCUT2D eigenvalue weighted by atomic mass is 19.1. The van der Waals surface area contributed by atoms with Gasteiger partial charge in [0.05, 0.1) is 6.04 Å². The lowest BCUT2D eigenvalue weighted by Crippen LogP contribution is -2.51. The molecule has 0 radical (unpaired) electrons. The third kappa shape index (κ3) is 8.45. The van der Waals surface area contributed by atoms with Crippen molar-refractivity contribution in [2.45, 2.75) is 117 Å². The number of carbonyl (C=O) groups excluding carboxylic acids is 1. The molecule has 1 aliphatic carbocycles. The van der Waals surface area contributed by atoms with Crippen molar-refractivity contribution in [1.82, 2.24) is 10.2 Å². The van der Waals surface area contributed by atoms with Crippen LogP contribution < -0.4 is 5.32 Å². The lowest BCUT2D eigenvalue weighted by Gasteiger charge is -2.50. The average molecular weight is 584 g/mol. The first kappa shape index (κ1) is 34.3. The van der Waals surface area contributed by atoms with E-state index in [-0.39, 0.29) is 29.3 Å². The Labute approximate surface area is 255 Å². The number of piperidine rings is 1. The second-order valence-corrected chi connectivity index (χ2v) is 13.3. The van der Waals surface area contributed by atoms with E-state index >= 15 is 0 Å². The molecule has 1 aromatic carbocycles. The van der Waals surface area contributed by atoms with Crippen LogP contribution in [0.15, 0.2) is 40.9 Å². The van der Waals surface area contributed by atoms with Crippen molar-refractivity contribution in [3.8, 4) is 0 Å². The van der Waals surface area contributed by atoms with Gasteiger partial charge in [-0.15, -0.1) is 0 Å². The van der Waals surface area contributed by atoms with Crippen LogP contribution in [0.3, 0.4) is 0 Å². The van der Waals surface area contributed by atoms with Gasteiger partial charge in [0.15, 0.2) is 0 Å². The Balaban J connectivity index is 2.02. The number of benzene rings is 1. The van der Waals surface area contributed by atoms with Crippen molar-refractivity contribution in [2.24, 2.45) is 28.7 Å². The van der Waals surface area contributed by atoms with E-state index < -0.39 is 6.09 Å². The van der Waals surface area contributed by atoms with Crippen LogP contribution in [0.2, 0.25) is 0 Å². The molecule has 1 saturated heterocycles. The van der Waals surface area contributed by atoms with E-state index in [0.29, 0.717) is 12.3 Å². The molecule has 0 saturated carbocycles. The second-order valence-electron chi connectivity index (χ2n) is 13.3. The number of aliphatic imine (C=N–C) groups is 1. The number of alkyl carbamates (subject to hydrolysis) is 1. The summed E-state index contributed by atoms with van der Waals surface area (Å²) >= 11 is 0. The lowest BCUT2D eigenvalue weighted by molar-refractivity contribution is 0.0165. The molecule has 0 bridgehead atoms. The van der Waals surface area contributed by atoms with Gasteiger partial charge in [-0.3, -0.25) is 4.99 Å². The van der Waals surface area contributed by atoms with Gasteiger partial charge in [0.2, 0.25) is 0 Å². The predicted molar refractivity (Wildman–Crippen MR) is 174 cm³/mol. The van der Waals surface area contributed by atoms with Crippen molar-refractivity contribution >= 4 is 11.8 Å². The minimum atomic E-state index is -0.408. The summed E-state index contributed by atoms with van der Waals surface area (Å²) in [5.74, 6) is 1.60. The molecule has 1 N–H and O–H groups in total. The number of carbonyl (C=O) groups is 1. The first-order valence-electron chi connectivity index (χ1n) is 16.7. The highest BCUT2D eigenvalue weighted by Crippen LogP contribution is 2.53. The van der Waals surface area contributed by atoms with Crippen molar-refractivity contribution in [3.05, 3.63) is 47.3 Å². The van der Waals surface area contributed by atoms with E-state index in [4.69, 9.17) is 9.73 Å². The van der Waals surface area contributed by atoms with Crippen LogP contribution in [-0.2, 0) is 10.2 Å². The molecule has 0 spiro atoms. The molecule has 1 amide bonds. The summed E-state index contributed by atoms with van der Waals surface area (Å²) in [7, 11) is 1.61. The number of hydrogen-bond donors (Lipinski definition) is 1. The SMILES string of the molecule is CCC[C@@](c1cccc(F)c1)(C1CCN(CC(CC)CC(C)CC)CC1)[C@H]1C=C(C(C)N=C(C)C)CC1OC(=O)NC. The number of likely N-dealkylation sites (tertiary alicyclic amines) is 1. The van der Waals surface area contributed by atoms with Gasteiger partial charge < -0.3 is 15.0 Å². The molecule has 5 nitrogen and oxygen atoms in total. The number of nitrogens with one attached hydrogen (secondary N) is 1. The molecule has 0 aromatic heterocycles. The average Bonchev–Trinajstić information content (AvgIpc) is 3.39. The van der Waals surface area contributed by atoms with E-state index in [1.807, 2.05) is 19.9 Å². The van der Waals surface area contributed by atoms with Gasteiger partial charge in [-0.05, 0) is 101 Å². The van der Waals surface area contributed by atoms with Crippen LogP contribution in [0.4, 0.5) is 9.18 Å². The van der Waals surface area contributed by atoms with Crippen LogP contribution in [-0.4, -0.2) is 55.5 Å². The maximum Gasteiger partial charge on any atom is 0.407 e. The molecule has 1 fully saturated rings. The number of rotatable bonds is 14. The Bertz CT molecular complexity index is 1060. The second kappa shape index (κ2) is 16.0. The summed E-state index contributed by atoms with van der Waals surface area (Å²) in [6.45, 7) is 18.7. The molecule has 4 unspecified atom stereocenters. The zero-order chi connectivity index (χ0) is 30.9. The minimum absolute atomic E-state index is 0.0148. The fourth-order valence-corrected chi connectivity index (χ4v) is 7.85. The minimum Gasteiger partial charge on any atom is -0.445 e. The quantitative estimate of drug-likeness (QED) is 0.176. The van der Waals surface area contributed by atoms with Gasteiger partial charge in [0.25, 0.3) is 0 Å². The van der Waals surface area contributed by atoms with E-state index in [0.717, 1.165) is 68.4 Å². The fourth-order valence-electron chi connectivity index (χ4n) is 7.85. The predicted octanol–water partition coefficient (Wildman–Crippen LogP) is 8.58. The normalized spacial score (nSPS) is 23.4. The highest BCUT2D eigenvalue weighted by molar-refractivity contribution is 5.79. The molecule has 6 heteroatoms. The van der Waals surface area contributed by atoms with Crippen LogP contribution in [0.25, 0.3) is 0 Å². The van der Waals surface area contributed by atoms with Crippen LogP contribution >= 0.6 is 0 Å². The maximum absolute atomic E-state index is 14.9. The van der Waals surface area contributed by atoms with Gasteiger partial charge in [0.1, 0.15) is 11.9 Å². The lowest BCUT2D eigenvalue weighted by atomic mass is 9.57. The first-order valence-corrected chi connectivity index (χ1v) is 16.7. The first-order chi connectivity index (χ1) is 20.1. The van der Waals surface area contributed by atoms with Gasteiger partial charge in [-0.1, -0.05) is 65.2 Å². The summed E-state index contributed by atoms with van der Waals surface area (Å²) in [5, 5.41) is 2.67. The topological polar surface area (TPSA) is 53.9 Å². The summed E-state index contributed by atoms with van der Waals surface area (Å²) in [6, 6.07) is 7.28. The molecular weight excluding hydrogens is 525 g/mol. The number of hydrogen-bond acceptors (Lipinski definition) is 4. The Hall–Kier alpha value is -2.21. The molecule has 1 aromatic rings. The smallest absolute Gasteiger partial charge is 0.407 e. The Morgan fingerprint density at radius 1 is 1.17 bits per heavy atom. The summed E-state index contributed by atoms with van der Waals surface area (Å²) in [5.41, 5.74) is 2.95. The van der Waals surface area contributed by atoms with Crippen molar-refractivity contribution < 1.29 is 13.9 Å². The van der Waals surface area contributed by atoms with E-state index in [1.165, 1.54) is 24.8 Å². The third-order valence-corrected chi connectivity index (χ3v) is 10.1. The van der Waals surface area contributed by atoms with Crippen molar-refractivity contribution in [2.75, 3.05) is 26.7 Å².